The molecule has 0 spiro atoms. The molecule has 0 aliphatic heterocycles. The number of rotatable bonds is 5. The standard InChI is InChI=1S/C20H19N5O2S/c1-12-17(20(28-3)24-18(22-12)15-9-6-10-27-15)19(26)21-11-16-23-13-7-4-5-8-14(13)25(16)2/h4-10H,11H2,1-3H3,(H,21,26). The van der Waals surface area contributed by atoms with E-state index in [9.17, 15) is 4.79 Å². The maximum absolute atomic E-state index is 12.9. The Hall–Kier alpha value is -3.13. The summed E-state index contributed by atoms with van der Waals surface area (Å²) in [5.41, 5.74) is 3.01. The molecule has 8 heteroatoms. The Morgan fingerprint density at radius 3 is 2.71 bits per heavy atom. The zero-order chi connectivity index (χ0) is 19.7. The molecule has 1 N–H and O–H groups in total. The van der Waals surface area contributed by atoms with Gasteiger partial charge in [-0.25, -0.2) is 15.0 Å². The third-order valence-corrected chi connectivity index (χ3v) is 5.19. The molecule has 28 heavy (non-hydrogen) atoms. The highest BCUT2D eigenvalue weighted by Gasteiger charge is 2.20. The molecule has 0 fully saturated rings. The first-order chi connectivity index (χ1) is 13.6. The lowest BCUT2D eigenvalue weighted by Gasteiger charge is -2.11. The quantitative estimate of drug-likeness (QED) is 0.412. The number of carbonyl (C=O) groups is 1. The van der Waals surface area contributed by atoms with Crippen molar-refractivity contribution in [1.82, 2.24) is 24.8 Å². The number of nitrogens with one attached hydrogen (secondary N) is 1. The van der Waals surface area contributed by atoms with E-state index in [1.807, 2.05) is 42.1 Å². The summed E-state index contributed by atoms with van der Waals surface area (Å²) in [5.74, 6) is 1.61. The van der Waals surface area contributed by atoms with E-state index in [1.165, 1.54) is 11.8 Å². The van der Waals surface area contributed by atoms with Crippen LogP contribution in [0.4, 0.5) is 0 Å². The average Bonchev–Trinajstić information content (AvgIpc) is 3.34. The van der Waals surface area contributed by atoms with Crippen molar-refractivity contribution in [2.45, 2.75) is 18.5 Å². The fourth-order valence-corrected chi connectivity index (χ4v) is 3.70. The fourth-order valence-electron chi connectivity index (χ4n) is 3.07. The number of nitrogens with zero attached hydrogens (tertiary/aromatic N) is 4. The van der Waals surface area contributed by atoms with Crippen molar-refractivity contribution in [3.8, 4) is 11.6 Å². The van der Waals surface area contributed by atoms with Crippen LogP contribution in [0.1, 0.15) is 21.9 Å². The number of hydrogen-bond donors (Lipinski definition) is 1. The van der Waals surface area contributed by atoms with Gasteiger partial charge < -0.3 is 14.3 Å². The Kier molecular flexibility index (Phi) is 4.87. The van der Waals surface area contributed by atoms with Crippen molar-refractivity contribution in [2.75, 3.05) is 6.26 Å². The Balaban J connectivity index is 1.60. The molecule has 3 heterocycles. The molecule has 1 aromatic carbocycles. The average molecular weight is 393 g/mol. The zero-order valence-corrected chi connectivity index (χ0v) is 16.6. The molecule has 0 aliphatic carbocycles. The molecule has 4 rings (SSSR count). The summed E-state index contributed by atoms with van der Waals surface area (Å²) < 4.78 is 7.36. The Morgan fingerprint density at radius 2 is 2.00 bits per heavy atom. The highest BCUT2D eigenvalue weighted by atomic mass is 32.2. The molecular formula is C20H19N5O2S. The lowest BCUT2D eigenvalue weighted by atomic mass is 10.2. The van der Waals surface area contributed by atoms with Crippen LogP contribution in [-0.2, 0) is 13.6 Å². The molecule has 0 bridgehead atoms. The van der Waals surface area contributed by atoms with E-state index in [2.05, 4.69) is 20.3 Å². The van der Waals surface area contributed by atoms with Crippen LogP contribution >= 0.6 is 11.8 Å². The summed E-state index contributed by atoms with van der Waals surface area (Å²) in [7, 11) is 1.94. The number of aromatic nitrogens is 4. The highest BCUT2D eigenvalue weighted by Crippen LogP contribution is 2.25. The van der Waals surface area contributed by atoms with Crippen LogP contribution in [0.5, 0.6) is 0 Å². The van der Waals surface area contributed by atoms with Crippen LogP contribution in [0, 0.1) is 6.92 Å². The number of amides is 1. The molecule has 0 radical (unpaired) electrons. The smallest absolute Gasteiger partial charge is 0.256 e. The first kappa shape index (κ1) is 18.2. The first-order valence-corrected chi connectivity index (χ1v) is 9.96. The molecule has 3 aromatic heterocycles. The zero-order valence-electron chi connectivity index (χ0n) is 15.8. The van der Waals surface area contributed by atoms with E-state index in [-0.39, 0.29) is 5.91 Å². The monoisotopic (exact) mass is 393 g/mol. The van der Waals surface area contributed by atoms with Crippen LogP contribution in [0.2, 0.25) is 0 Å². The number of benzene rings is 1. The van der Waals surface area contributed by atoms with Gasteiger partial charge in [-0.05, 0) is 37.4 Å². The SMILES string of the molecule is CSc1nc(-c2ccco2)nc(C)c1C(=O)NCc1nc2ccccc2n1C. The van der Waals surface area contributed by atoms with Crippen LogP contribution in [-0.4, -0.2) is 31.7 Å². The maximum Gasteiger partial charge on any atom is 0.256 e. The van der Waals surface area contributed by atoms with E-state index < -0.39 is 0 Å². The second-order valence-corrected chi connectivity index (χ2v) is 7.05. The van der Waals surface area contributed by atoms with Crippen LogP contribution < -0.4 is 5.32 Å². The van der Waals surface area contributed by atoms with Gasteiger partial charge in [0, 0.05) is 7.05 Å². The number of furan rings is 1. The third kappa shape index (κ3) is 3.27. The summed E-state index contributed by atoms with van der Waals surface area (Å²) in [4.78, 5) is 26.4. The number of fused-ring (bicyclic) bond motifs is 1. The van der Waals surface area contributed by atoms with Gasteiger partial charge in [0.1, 0.15) is 10.9 Å². The topological polar surface area (TPSA) is 85.8 Å². The molecule has 0 saturated heterocycles. The van der Waals surface area contributed by atoms with E-state index in [1.54, 1.807) is 25.3 Å². The van der Waals surface area contributed by atoms with Crippen LogP contribution in [0.15, 0.2) is 52.1 Å². The molecule has 0 unspecified atom stereocenters. The number of aryl methyl sites for hydroxylation is 2. The molecule has 0 aliphatic rings. The van der Waals surface area contributed by atoms with E-state index in [4.69, 9.17) is 4.42 Å². The number of thioether (sulfide) groups is 1. The Morgan fingerprint density at radius 1 is 1.18 bits per heavy atom. The summed E-state index contributed by atoms with van der Waals surface area (Å²) >= 11 is 1.40. The van der Waals surface area contributed by atoms with Gasteiger partial charge in [-0.1, -0.05) is 12.1 Å². The number of imidazole rings is 1. The normalized spacial score (nSPS) is 11.1. The number of carbonyl (C=O) groups excluding carboxylic acids is 1. The van der Waals surface area contributed by atoms with Gasteiger partial charge >= 0.3 is 0 Å². The van der Waals surface area contributed by atoms with Crippen LogP contribution in [0.3, 0.4) is 0 Å². The minimum absolute atomic E-state index is 0.222. The fraction of sp³-hybridized carbons (Fsp3) is 0.200. The van der Waals surface area contributed by atoms with Crippen LogP contribution in [0.25, 0.3) is 22.6 Å². The predicted octanol–water partition coefficient (Wildman–Crippen LogP) is 3.58. The number of hydrogen-bond acceptors (Lipinski definition) is 6. The molecule has 4 aromatic rings. The minimum Gasteiger partial charge on any atom is -0.461 e. The minimum atomic E-state index is -0.222. The maximum atomic E-state index is 12.9. The Labute approximate surface area is 166 Å². The first-order valence-electron chi connectivity index (χ1n) is 8.73. The molecule has 1 amide bonds. The predicted molar refractivity (Wildman–Crippen MR) is 108 cm³/mol. The van der Waals surface area contributed by atoms with E-state index in [0.29, 0.717) is 34.4 Å². The van der Waals surface area contributed by atoms with Gasteiger partial charge in [-0.2, -0.15) is 0 Å². The van der Waals surface area contributed by atoms with Gasteiger partial charge in [0.15, 0.2) is 11.6 Å². The Bertz CT molecular complexity index is 1150. The number of para-hydroxylation sites is 2. The molecule has 0 saturated carbocycles. The van der Waals surface area contributed by atoms with Crippen molar-refractivity contribution < 1.29 is 9.21 Å². The van der Waals surface area contributed by atoms with Gasteiger partial charge in [-0.15, -0.1) is 11.8 Å². The third-order valence-electron chi connectivity index (χ3n) is 4.51. The lowest BCUT2D eigenvalue weighted by molar-refractivity contribution is 0.0945. The second-order valence-electron chi connectivity index (χ2n) is 6.25. The summed E-state index contributed by atoms with van der Waals surface area (Å²) in [5, 5.41) is 3.56. The van der Waals surface area contributed by atoms with Gasteiger partial charge in [0.25, 0.3) is 5.91 Å². The van der Waals surface area contributed by atoms with E-state index >= 15 is 0 Å². The summed E-state index contributed by atoms with van der Waals surface area (Å²) in [6, 6.07) is 11.5. The molecule has 142 valence electrons. The van der Waals surface area contributed by atoms with Crippen molar-refractivity contribution in [2.24, 2.45) is 7.05 Å². The van der Waals surface area contributed by atoms with Gasteiger partial charge in [0.2, 0.25) is 0 Å². The van der Waals surface area contributed by atoms with Crippen molar-refractivity contribution >= 4 is 28.7 Å². The second kappa shape index (κ2) is 7.47. The lowest BCUT2D eigenvalue weighted by Crippen LogP contribution is -2.26. The van der Waals surface area contributed by atoms with Crippen molar-refractivity contribution in [3.05, 3.63) is 59.7 Å². The van der Waals surface area contributed by atoms with Gasteiger partial charge in [-0.3, -0.25) is 4.79 Å². The van der Waals surface area contributed by atoms with E-state index in [0.717, 1.165) is 16.9 Å². The van der Waals surface area contributed by atoms with Gasteiger partial charge in [0.05, 0.1) is 35.1 Å². The molecule has 0 atom stereocenters. The highest BCUT2D eigenvalue weighted by molar-refractivity contribution is 7.98. The van der Waals surface area contributed by atoms with Crippen molar-refractivity contribution in [3.63, 3.8) is 0 Å². The summed E-state index contributed by atoms with van der Waals surface area (Å²) in [6.07, 6.45) is 3.46. The summed E-state index contributed by atoms with van der Waals surface area (Å²) in [6.45, 7) is 2.12. The largest absolute Gasteiger partial charge is 0.461 e. The molecule has 7 nitrogen and oxygen atoms in total. The van der Waals surface area contributed by atoms with Crippen molar-refractivity contribution in [1.29, 1.82) is 0 Å². The molecular weight excluding hydrogens is 374 g/mol.